The molecule has 1 amide bonds. The first kappa shape index (κ1) is 15.1. The molecule has 0 spiro atoms. The standard InChI is InChI=1S/C14H21NO2S/c1-2-17-11-6-10-15-14(16)9-12-18-13-7-4-3-5-8-13/h3-5,7-8H,2,6,9-12H2,1H3,(H,15,16). The van der Waals surface area contributed by atoms with E-state index >= 15 is 0 Å². The molecule has 0 bridgehead atoms. The number of nitrogens with one attached hydrogen (secondary N) is 1. The number of carbonyl (C=O) groups excluding carboxylic acids is 1. The number of rotatable bonds is 9. The van der Waals surface area contributed by atoms with E-state index in [4.69, 9.17) is 4.74 Å². The van der Waals surface area contributed by atoms with Crippen molar-refractivity contribution < 1.29 is 9.53 Å². The van der Waals surface area contributed by atoms with Gasteiger partial charge in [-0.15, -0.1) is 11.8 Å². The molecule has 1 N–H and O–H groups in total. The maximum absolute atomic E-state index is 11.5. The predicted molar refractivity (Wildman–Crippen MR) is 75.9 cm³/mol. The monoisotopic (exact) mass is 267 g/mol. The van der Waals surface area contributed by atoms with Crippen LogP contribution in [0, 0.1) is 0 Å². The van der Waals surface area contributed by atoms with Gasteiger partial charge in [0.25, 0.3) is 0 Å². The van der Waals surface area contributed by atoms with Gasteiger partial charge in [-0.25, -0.2) is 0 Å². The molecule has 0 saturated carbocycles. The van der Waals surface area contributed by atoms with Crippen LogP contribution in [0.15, 0.2) is 35.2 Å². The molecule has 3 nitrogen and oxygen atoms in total. The summed E-state index contributed by atoms with van der Waals surface area (Å²) in [5.41, 5.74) is 0. The van der Waals surface area contributed by atoms with Crippen LogP contribution in [0.4, 0.5) is 0 Å². The lowest BCUT2D eigenvalue weighted by molar-refractivity contribution is -0.120. The maximum atomic E-state index is 11.5. The van der Waals surface area contributed by atoms with Crippen molar-refractivity contribution in [3.05, 3.63) is 30.3 Å². The van der Waals surface area contributed by atoms with Gasteiger partial charge in [-0.3, -0.25) is 4.79 Å². The van der Waals surface area contributed by atoms with Crippen LogP contribution in [0.2, 0.25) is 0 Å². The molecule has 0 fully saturated rings. The van der Waals surface area contributed by atoms with Crippen LogP contribution in [0.5, 0.6) is 0 Å². The molecular weight excluding hydrogens is 246 g/mol. The molecule has 1 aromatic rings. The van der Waals surface area contributed by atoms with Crippen molar-refractivity contribution in [3.8, 4) is 0 Å². The quantitative estimate of drug-likeness (QED) is 0.552. The van der Waals surface area contributed by atoms with Gasteiger partial charge in [0, 0.05) is 36.8 Å². The molecule has 0 saturated heterocycles. The lowest BCUT2D eigenvalue weighted by atomic mass is 10.4. The summed E-state index contributed by atoms with van der Waals surface area (Å²) in [4.78, 5) is 12.7. The second-order valence-electron chi connectivity index (χ2n) is 3.81. The molecule has 1 rings (SSSR count). The highest BCUT2D eigenvalue weighted by Crippen LogP contribution is 2.17. The number of benzene rings is 1. The van der Waals surface area contributed by atoms with Crippen LogP contribution in [-0.2, 0) is 9.53 Å². The number of carbonyl (C=O) groups is 1. The molecular formula is C14H21NO2S. The van der Waals surface area contributed by atoms with Crippen molar-refractivity contribution in [1.82, 2.24) is 5.32 Å². The minimum Gasteiger partial charge on any atom is -0.382 e. The van der Waals surface area contributed by atoms with Crippen molar-refractivity contribution in [3.63, 3.8) is 0 Å². The molecule has 4 heteroatoms. The topological polar surface area (TPSA) is 38.3 Å². The largest absolute Gasteiger partial charge is 0.382 e. The second-order valence-corrected chi connectivity index (χ2v) is 4.98. The molecule has 0 unspecified atom stereocenters. The molecule has 0 radical (unpaired) electrons. The summed E-state index contributed by atoms with van der Waals surface area (Å²) in [6.45, 7) is 4.13. The van der Waals surface area contributed by atoms with Crippen molar-refractivity contribution in [1.29, 1.82) is 0 Å². The van der Waals surface area contributed by atoms with Gasteiger partial charge >= 0.3 is 0 Å². The van der Waals surface area contributed by atoms with Crippen molar-refractivity contribution in [2.75, 3.05) is 25.5 Å². The molecule has 18 heavy (non-hydrogen) atoms. The van der Waals surface area contributed by atoms with Crippen LogP contribution < -0.4 is 5.32 Å². The summed E-state index contributed by atoms with van der Waals surface area (Å²) in [6.07, 6.45) is 1.44. The third kappa shape index (κ3) is 7.35. The lowest BCUT2D eigenvalue weighted by Crippen LogP contribution is -2.25. The Balaban J connectivity index is 2.00. The van der Waals surface area contributed by atoms with Crippen molar-refractivity contribution in [2.45, 2.75) is 24.7 Å². The average Bonchev–Trinajstić information content (AvgIpc) is 2.40. The fourth-order valence-corrected chi connectivity index (χ4v) is 2.29. The van der Waals surface area contributed by atoms with Crippen LogP contribution in [0.25, 0.3) is 0 Å². The van der Waals surface area contributed by atoms with E-state index in [2.05, 4.69) is 17.4 Å². The molecule has 0 heterocycles. The van der Waals surface area contributed by atoms with Crippen molar-refractivity contribution in [2.24, 2.45) is 0 Å². The first-order valence-electron chi connectivity index (χ1n) is 6.35. The summed E-state index contributed by atoms with van der Waals surface area (Å²) < 4.78 is 5.20. The Hall–Kier alpha value is -1.00. The van der Waals surface area contributed by atoms with Crippen LogP contribution in [0.1, 0.15) is 19.8 Å². The van der Waals surface area contributed by atoms with Gasteiger partial charge in [0.15, 0.2) is 0 Å². The van der Waals surface area contributed by atoms with Crippen LogP contribution >= 0.6 is 11.8 Å². The van der Waals surface area contributed by atoms with E-state index in [1.807, 2.05) is 25.1 Å². The molecule has 0 aliphatic carbocycles. The fourth-order valence-electron chi connectivity index (χ4n) is 1.41. The number of thioether (sulfide) groups is 1. The van der Waals surface area contributed by atoms with E-state index in [0.717, 1.165) is 25.4 Å². The first-order valence-corrected chi connectivity index (χ1v) is 7.33. The van der Waals surface area contributed by atoms with E-state index in [1.165, 1.54) is 4.90 Å². The van der Waals surface area contributed by atoms with Gasteiger partial charge in [-0.05, 0) is 25.5 Å². The number of ether oxygens (including phenoxy) is 1. The van der Waals surface area contributed by atoms with Crippen LogP contribution in [-0.4, -0.2) is 31.4 Å². The third-order valence-corrected chi connectivity index (χ3v) is 3.35. The minimum absolute atomic E-state index is 0.120. The van der Waals surface area contributed by atoms with Gasteiger partial charge in [0.05, 0.1) is 0 Å². The van der Waals surface area contributed by atoms with E-state index in [0.29, 0.717) is 13.0 Å². The summed E-state index contributed by atoms with van der Waals surface area (Å²) in [7, 11) is 0. The molecule has 0 aliphatic heterocycles. The van der Waals surface area contributed by atoms with E-state index in [-0.39, 0.29) is 5.91 Å². The van der Waals surface area contributed by atoms with E-state index in [9.17, 15) is 4.79 Å². The minimum atomic E-state index is 0.120. The molecule has 0 aromatic heterocycles. The highest BCUT2D eigenvalue weighted by atomic mass is 32.2. The zero-order valence-electron chi connectivity index (χ0n) is 10.9. The Morgan fingerprint density at radius 1 is 1.33 bits per heavy atom. The summed E-state index contributed by atoms with van der Waals surface area (Å²) in [5, 5.41) is 2.90. The number of hydrogen-bond acceptors (Lipinski definition) is 3. The third-order valence-electron chi connectivity index (χ3n) is 2.33. The highest BCUT2D eigenvalue weighted by molar-refractivity contribution is 7.99. The Kier molecular flexibility index (Phi) is 8.34. The van der Waals surface area contributed by atoms with Gasteiger partial charge in [-0.1, -0.05) is 18.2 Å². The average molecular weight is 267 g/mol. The predicted octanol–water partition coefficient (Wildman–Crippen LogP) is 2.71. The zero-order valence-corrected chi connectivity index (χ0v) is 11.7. The Morgan fingerprint density at radius 2 is 2.11 bits per heavy atom. The Labute approximate surface area is 113 Å². The van der Waals surface area contributed by atoms with Gasteiger partial charge in [-0.2, -0.15) is 0 Å². The molecule has 1 aromatic carbocycles. The molecule has 0 atom stereocenters. The first-order chi connectivity index (χ1) is 8.83. The normalized spacial score (nSPS) is 10.3. The fraction of sp³-hybridized carbons (Fsp3) is 0.500. The van der Waals surface area contributed by atoms with E-state index < -0.39 is 0 Å². The number of hydrogen-bond donors (Lipinski definition) is 1. The van der Waals surface area contributed by atoms with E-state index in [1.54, 1.807) is 11.8 Å². The summed E-state index contributed by atoms with van der Waals surface area (Å²) in [6, 6.07) is 10.1. The van der Waals surface area contributed by atoms with Crippen molar-refractivity contribution >= 4 is 17.7 Å². The molecule has 100 valence electrons. The molecule has 0 aliphatic rings. The maximum Gasteiger partial charge on any atom is 0.220 e. The van der Waals surface area contributed by atoms with Gasteiger partial charge in [0.2, 0.25) is 5.91 Å². The Morgan fingerprint density at radius 3 is 2.83 bits per heavy atom. The smallest absolute Gasteiger partial charge is 0.220 e. The Bertz CT molecular complexity index is 330. The zero-order chi connectivity index (χ0) is 13.1. The second kappa shape index (κ2) is 9.97. The van der Waals surface area contributed by atoms with Gasteiger partial charge < -0.3 is 10.1 Å². The van der Waals surface area contributed by atoms with Gasteiger partial charge in [0.1, 0.15) is 0 Å². The summed E-state index contributed by atoms with van der Waals surface area (Å²) in [5.74, 6) is 0.941. The lowest BCUT2D eigenvalue weighted by Gasteiger charge is -2.05. The SMILES string of the molecule is CCOCCCNC(=O)CCSc1ccccc1. The summed E-state index contributed by atoms with van der Waals surface area (Å²) >= 11 is 1.71. The highest BCUT2D eigenvalue weighted by Gasteiger charge is 2.01. The van der Waals surface area contributed by atoms with Crippen LogP contribution in [0.3, 0.4) is 0 Å². The number of amides is 1.